The Labute approximate surface area is 263 Å². The second-order valence-corrected chi connectivity index (χ2v) is 13.8. The van der Waals surface area contributed by atoms with Gasteiger partial charge in [-0.25, -0.2) is 4.79 Å². The highest BCUT2D eigenvalue weighted by Gasteiger charge is 2.96. The van der Waals surface area contributed by atoms with Crippen molar-refractivity contribution in [2.75, 3.05) is 0 Å². The number of ether oxygens (including phenoxy) is 4. The Bertz CT molecular complexity index is 1490. The minimum atomic E-state index is -1.94. The molecule has 0 aliphatic heterocycles. The topological polar surface area (TPSA) is 142 Å². The van der Waals surface area contributed by atoms with Gasteiger partial charge in [-0.05, 0) is 30.1 Å². The number of carbonyl (C=O) groups excluding carboxylic acids is 5. The lowest BCUT2D eigenvalue weighted by Gasteiger charge is -2.60. The van der Waals surface area contributed by atoms with Crippen LogP contribution in [-0.4, -0.2) is 64.8 Å². The van der Waals surface area contributed by atoms with Gasteiger partial charge in [-0.3, -0.25) is 19.2 Å². The summed E-state index contributed by atoms with van der Waals surface area (Å²) in [4.78, 5) is 65.5. The first kappa shape index (κ1) is 32.6. The highest BCUT2D eigenvalue weighted by molar-refractivity contribution is 5.88. The van der Waals surface area contributed by atoms with Crippen LogP contribution < -0.4 is 0 Å². The predicted molar refractivity (Wildman–Crippen MR) is 161 cm³/mol. The van der Waals surface area contributed by atoms with Gasteiger partial charge in [0.05, 0.1) is 5.41 Å². The first-order chi connectivity index (χ1) is 20.9. The Hall–Kier alpha value is -3.79. The molecule has 1 aromatic carbocycles. The molecule has 1 aromatic rings. The van der Waals surface area contributed by atoms with E-state index in [1.165, 1.54) is 26.8 Å². The van der Waals surface area contributed by atoms with Crippen LogP contribution >= 0.6 is 0 Å². The number of ketones is 1. The van der Waals surface area contributed by atoms with Gasteiger partial charge in [0.1, 0.15) is 35.8 Å². The van der Waals surface area contributed by atoms with Crippen LogP contribution in [0.3, 0.4) is 0 Å². The number of aliphatic hydroxyl groups is 1. The number of fused-ring (bicyclic) bond motifs is 1. The fourth-order valence-electron chi connectivity index (χ4n) is 10.1. The lowest BCUT2D eigenvalue weighted by Crippen LogP contribution is -2.65. The zero-order valence-corrected chi connectivity index (χ0v) is 26.9. The molecular weight excluding hydrogens is 580 g/mol. The molecule has 4 saturated carbocycles. The third-order valence-electron chi connectivity index (χ3n) is 11.6. The summed E-state index contributed by atoms with van der Waals surface area (Å²) in [5, 5.41) is 12.7. The van der Waals surface area contributed by atoms with Gasteiger partial charge in [0.25, 0.3) is 0 Å². The zero-order chi connectivity index (χ0) is 33.3. The average Bonchev–Trinajstić information content (AvgIpc) is 3.17. The van der Waals surface area contributed by atoms with E-state index in [1.54, 1.807) is 26.8 Å². The SMILES string of the molecule is C=C1[C@@H](OC(=O)/C=C/c2ccccc2)CC[C@@]2(C)[C@@H](OC(C)=O)[C@H](OC(C)=O)[C@@]34[C@H](C)C(=O)C[C@@](O)([C@@H](OC(C)=O)[C@@]132)C4(C)C. The van der Waals surface area contributed by atoms with E-state index in [0.29, 0.717) is 5.57 Å². The van der Waals surface area contributed by atoms with E-state index in [4.69, 9.17) is 18.9 Å². The Morgan fingerprint density at radius 2 is 1.49 bits per heavy atom. The molecule has 4 aliphatic rings. The van der Waals surface area contributed by atoms with Crippen molar-refractivity contribution in [3.05, 3.63) is 54.1 Å². The first-order valence-electron chi connectivity index (χ1n) is 15.3. The van der Waals surface area contributed by atoms with Crippen molar-refractivity contribution in [3.8, 4) is 0 Å². The number of carbonyl (C=O) groups is 5. The molecule has 5 rings (SSSR count). The molecule has 2 spiro atoms. The van der Waals surface area contributed by atoms with Crippen molar-refractivity contribution in [1.82, 2.24) is 0 Å². The van der Waals surface area contributed by atoms with Crippen LogP contribution in [0.25, 0.3) is 6.08 Å². The molecule has 0 saturated heterocycles. The van der Waals surface area contributed by atoms with Crippen LogP contribution in [0.4, 0.5) is 0 Å². The molecule has 4 fully saturated rings. The van der Waals surface area contributed by atoms with Crippen LogP contribution in [0, 0.1) is 27.6 Å². The highest BCUT2D eigenvalue weighted by Crippen LogP contribution is 2.87. The van der Waals surface area contributed by atoms with E-state index < -0.39 is 81.5 Å². The monoisotopic (exact) mass is 622 g/mol. The van der Waals surface area contributed by atoms with Crippen molar-refractivity contribution < 1.29 is 48.0 Å². The van der Waals surface area contributed by atoms with E-state index in [1.807, 2.05) is 37.3 Å². The molecule has 9 atom stereocenters. The van der Waals surface area contributed by atoms with Crippen LogP contribution in [0.1, 0.15) is 73.3 Å². The number of hydrogen-bond donors (Lipinski definition) is 1. The number of esters is 4. The molecule has 0 unspecified atom stereocenters. The van der Waals surface area contributed by atoms with Crippen LogP contribution in [0.15, 0.2) is 48.6 Å². The average molecular weight is 623 g/mol. The Morgan fingerprint density at radius 1 is 0.911 bits per heavy atom. The summed E-state index contributed by atoms with van der Waals surface area (Å²) >= 11 is 0. The van der Waals surface area contributed by atoms with Gasteiger partial charge in [0, 0.05) is 55.4 Å². The molecule has 0 radical (unpaired) electrons. The van der Waals surface area contributed by atoms with Crippen LogP contribution in [0.2, 0.25) is 0 Å². The predicted octanol–water partition coefficient (Wildman–Crippen LogP) is 4.13. The molecule has 10 heteroatoms. The maximum absolute atomic E-state index is 14.0. The second kappa shape index (κ2) is 10.6. The number of rotatable bonds is 6. The van der Waals surface area contributed by atoms with Crippen molar-refractivity contribution in [2.45, 2.75) is 97.7 Å². The lowest BCUT2D eigenvalue weighted by atomic mass is 9.42. The summed E-state index contributed by atoms with van der Waals surface area (Å²) < 4.78 is 24.2. The fourth-order valence-corrected chi connectivity index (χ4v) is 10.1. The minimum Gasteiger partial charge on any atom is -0.458 e. The third-order valence-corrected chi connectivity index (χ3v) is 11.6. The van der Waals surface area contributed by atoms with E-state index in [-0.39, 0.29) is 25.0 Å². The van der Waals surface area contributed by atoms with Gasteiger partial charge in [0.15, 0.2) is 0 Å². The number of Topliss-reactive ketones (excluding diaryl/α,β-unsaturated/α-hetero) is 1. The van der Waals surface area contributed by atoms with Crippen molar-refractivity contribution in [3.63, 3.8) is 0 Å². The van der Waals surface area contributed by atoms with Gasteiger partial charge >= 0.3 is 23.9 Å². The quantitative estimate of drug-likeness (QED) is 0.213. The standard InChI is InChI=1S/C35H42O10/c1-19-25(39)18-33(41)30(44-23(5)38)35-20(2)26(45-27(40)15-14-24-12-10-9-11-13-24)16-17-32(35,8)28(42-21(3)36)29(43-22(4)37)34(19,35)31(33,6)7/h9-15,19,26,28-30,41H,2,16-18H2,1,3-8H3/b15-14+/t19-,26+,28+,29+,30-,32+,33-,34-,35-/m1/s1. The smallest absolute Gasteiger partial charge is 0.331 e. The molecule has 45 heavy (non-hydrogen) atoms. The number of benzene rings is 1. The summed E-state index contributed by atoms with van der Waals surface area (Å²) in [5.74, 6) is -3.88. The van der Waals surface area contributed by atoms with Gasteiger partial charge < -0.3 is 24.1 Å². The molecular formula is C35H42O10. The maximum atomic E-state index is 14.0. The van der Waals surface area contributed by atoms with Crippen molar-refractivity contribution >= 4 is 35.7 Å². The summed E-state index contributed by atoms with van der Waals surface area (Å²) in [5.41, 5.74) is -6.38. The van der Waals surface area contributed by atoms with E-state index in [0.717, 1.165) is 5.56 Å². The summed E-state index contributed by atoms with van der Waals surface area (Å²) in [6, 6.07) is 9.22. The summed E-state index contributed by atoms with van der Waals surface area (Å²) in [6.07, 6.45) is -1.60. The Morgan fingerprint density at radius 3 is 2.07 bits per heavy atom. The van der Waals surface area contributed by atoms with E-state index >= 15 is 0 Å². The fraction of sp³-hybridized carbons (Fsp3) is 0.571. The molecule has 4 aliphatic carbocycles. The normalized spacial score (nSPS) is 39.5. The summed E-state index contributed by atoms with van der Waals surface area (Å²) in [7, 11) is 0. The summed E-state index contributed by atoms with van der Waals surface area (Å²) in [6.45, 7) is 15.2. The largest absolute Gasteiger partial charge is 0.458 e. The van der Waals surface area contributed by atoms with Crippen molar-refractivity contribution in [2.24, 2.45) is 27.6 Å². The van der Waals surface area contributed by atoms with Gasteiger partial charge in [-0.2, -0.15) is 0 Å². The molecule has 2 bridgehead atoms. The van der Waals surface area contributed by atoms with E-state index in [9.17, 15) is 29.1 Å². The van der Waals surface area contributed by atoms with Gasteiger partial charge in [-0.15, -0.1) is 0 Å². The molecule has 0 heterocycles. The zero-order valence-electron chi connectivity index (χ0n) is 26.9. The number of hydrogen-bond acceptors (Lipinski definition) is 10. The Balaban J connectivity index is 1.77. The van der Waals surface area contributed by atoms with Crippen LogP contribution in [-0.2, 0) is 42.9 Å². The Kier molecular flexibility index (Phi) is 7.71. The molecule has 10 nitrogen and oxygen atoms in total. The highest BCUT2D eigenvalue weighted by atomic mass is 16.6. The van der Waals surface area contributed by atoms with Crippen molar-refractivity contribution in [1.29, 1.82) is 0 Å². The second-order valence-electron chi connectivity index (χ2n) is 13.8. The molecule has 0 aromatic heterocycles. The lowest BCUT2D eigenvalue weighted by molar-refractivity contribution is -0.220. The first-order valence-corrected chi connectivity index (χ1v) is 15.3. The third kappa shape index (κ3) is 4.06. The molecule has 1 N–H and O–H groups in total. The molecule has 242 valence electrons. The van der Waals surface area contributed by atoms with Gasteiger partial charge in [0.2, 0.25) is 0 Å². The molecule has 0 amide bonds. The van der Waals surface area contributed by atoms with Gasteiger partial charge in [-0.1, -0.05) is 64.6 Å². The maximum Gasteiger partial charge on any atom is 0.331 e. The van der Waals surface area contributed by atoms with Crippen LogP contribution in [0.5, 0.6) is 0 Å². The minimum absolute atomic E-state index is 0.231. The van der Waals surface area contributed by atoms with E-state index in [2.05, 4.69) is 6.58 Å².